The van der Waals surface area contributed by atoms with Gasteiger partial charge in [-0.15, -0.1) is 30.6 Å². The van der Waals surface area contributed by atoms with Gasteiger partial charge in [-0.1, -0.05) is 52.5 Å². The molecule has 2 aliphatic rings. The number of carbonyl (C=O) groups excluding carboxylic acids is 1. The minimum atomic E-state index is -0.295. The summed E-state index contributed by atoms with van der Waals surface area (Å²) in [6, 6.07) is 16.2. The molecular formula is C32H40N14OS2. The van der Waals surface area contributed by atoms with E-state index < -0.39 is 0 Å². The minimum Gasteiger partial charge on any atom is -0.374 e. The number of hydrogen-bond acceptors (Lipinski definition) is 17. The van der Waals surface area contributed by atoms with Gasteiger partial charge in [-0.2, -0.15) is 10.2 Å². The number of aryl methyl sites for hydroxylation is 1. The first-order valence-corrected chi connectivity index (χ1v) is 17.7. The number of likely N-dealkylation sites (N-methyl/N-ethyl adjacent to an activating group) is 1. The number of Topliss-reactive ketones (excluding diaryl/α,β-unsaturated/α-hetero) is 1. The Morgan fingerprint density at radius 1 is 0.837 bits per heavy atom. The summed E-state index contributed by atoms with van der Waals surface area (Å²) < 4.78 is 0. The van der Waals surface area contributed by atoms with Crippen molar-refractivity contribution in [3.05, 3.63) is 77.1 Å². The Morgan fingerprint density at radius 3 is 1.92 bits per heavy atom. The van der Waals surface area contributed by atoms with Gasteiger partial charge in [-0.25, -0.2) is 0 Å². The van der Waals surface area contributed by atoms with Crippen molar-refractivity contribution in [2.45, 2.75) is 44.3 Å². The van der Waals surface area contributed by atoms with E-state index in [1.807, 2.05) is 74.4 Å². The summed E-state index contributed by atoms with van der Waals surface area (Å²) in [4.78, 5) is 19.4. The maximum Gasteiger partial charge on any atom is 0.207 e. The van der Waals surface area contributed by atoms with Gasteiger partial charge in [0.25, 0.3) is 0 Å². The van der Waals surface area contributed by atoms with Crippen LogP contribution in [0.15, 0.2) is 60.9 Å². The second-order valence-electron chi connectivity index (χ2n) is 12.2. The second-order valence-corrected chi connectivity index (χ2v) is 14.3. The number of hydrogen-bond donors (Lipinski definition) is 3. The molecule has 15 nitrogen and oxygen atoms in total. The number of aromatic nitrogens is 8. The van der Waals surface area contributed by atoms with Crippen LogP contribution in [0.4, 0.5) is 27.0 Å². The summed E-state index contributed by atoms with van der Waals surface area (Å²) in [7, 11) is 3.86. The lowest BCUT2D eigenvalue weighted by Crippen LogP contribution is -2.29. The predicted molar refractivity (Wildman–Crippen MR) is 193 cm³/mol. The molecule has 4 N–H and O–H groups in total. The summed E-state index contributed by atoms with van der Waals surface area (Å²) in [6.07, 6.45) is 5.65. The number of ketones is 1. The average Bonchev–Trinajstić information content (AvgIpc) is 3.93. The molecule has 2 saturated heterocycles. The highest BCUT2D eigenvalue weighted by Crippen LogP contribution is 2.26. The molecule has 6 heterocycles. The third kappa shape index (κ3) is 9.18. The molecule has 0 saturated carbocycles. The van der Waals surface area contributed by atoms with Crippen molar-refractivity contribution in [2.24, 2.45) is 0 Å². The van der Waals surface area contributed by atoms with E-state index >= 15 is 0 Å². The van der Waals surface area contributed by atoms with Crippen molar-refractivity contribution in [1.29, 1.82) is 0 Å². The summed E-state index contributed by atoms with van der Waals surface area (Å²) in [5, 5.41) is 41.9. The number of nitrogens with zero attached hydrogens (tertiary/aromatic N) is 11. The van der Waals surface area contributed by atoms with Crippen molar-refractivity contribution in [3.63, 3.8) is 0 Å². The van der Waals surface area contributed by atoms with E-state index in [1.165, 1.54) is 28.2 Å². The molecule has 0 radical (unpaired) electrons. The maximum absolute atomic E-state index is 13.1. The van der Waals surface area contributed by atoms with Crippen molar-refractivity contribution in [1.82, 2.24) is 45.7 Å². The highest BCUT2D eigenvalue weighted by atomic mass is 32.1. The number of benzene rings is 1. The molecular weight excluding hydrogens is 661 g/mol. The van der Waals surface area contributed by atoms with E-state index in [-0.39, 0.29) is 24.3 Å². The van der Waals surface area contributed by atoms with E-state index in [0.717, 1.165) is 71.5 Å². The predicted octanol–water partition coefficient (Wildman–Crippen LogP) is 3.34. The fraction of sp³-hybridized carbons (Fsp3) is 0.406. The average molecular weight is 701 g/mol. The molecule has 0 amide bonds. The van der Waals surface area contributed by atoms with Crippen LogP contribution >= 0.6 is 22.7 Å². The molecule has 0 aliphatic carbocycles. The largest absolute Gasteiger partial charge is 0.374 e. The molecule has 3 atom stereocenters. The van der Waals surface area contributed by atoms with E-state index in [4.69, 9.17) is 5.73 Å². The Morgan fingerprint density at radius 2 is 1.41 bits per heavy atom. The number of rotatable bonds is 11. The fourth-order valence-corrected chi connectivity index (χ4v) is 7.30. The van der Waals surface area contributed by atoms with Gasteiger partial charge in [0, 0.05) is 50.7 Å². The SMILES string of the molecule is Cc1ccc([C@@H](C(=O)Cc2nnc(N[C@@H]3CCN(c4cccnn4)C3)s2)N(C)C)cc1.Nc1nnc(N[C@@H]2CCN(c3cccnn3)C2)s1. The zero-order valence-corrected chi connectivity index (χ0v) is 29.3. The topological polar surface area (TPSA) is 180 Å². The van der Waals surface area contributed by atoms with E-state index in [9.17, 15) is 4.79 Å². The molecule has 17 heteroatoms. The monoisotopic (exact) mass is 700 g/mol. The van der Waals surface area contributed by atoms with Crippen LogP contribution in [0.2, 0.25) is 0 Å². The minimum absolute atomic E-state index is 0.117. The molecule has 2 fully saturated rings. The molecule has 7 rings (SSSR count). The molecule has 0 spiro atoms. The van der Waals surface area contributed by atoms with Crippen LogP contribution in [-0.2, 0) is 11.2 Å². The van der Waals surface area contributed by atoms with Gasteiger partial charge in [-0.05, 0) is 63.7 Å². The van der Waals surface area contributed by atoms with Gasteiger partial charge >= 0.3 is 0 Å². The third-order valence-corrected chi connectivity index (χ3v) is 9.78. The van der Waals surface area contributed by atoms with Crippen molar-refractivity contribution in [3.8, 4) is 0 Å². The first-order chi connectivity index (χ1) is 23.8. The highest BCUT2D eigenvalue weighted by molar-refractivity contribution is 7.18. The molecule has 4 aromatic heterocycles. The molecule has 256 valence electrons. The molecule has 0 bridgehead atoms. The number of nitrogen functional groups attached to an aromatic ring is 1. The molecule has 0 unspecified atom stereocenters. The van der Waals surface area contributed by atoms with Gasteiger partial charge in [0.1, 0.15) is 5.01 Å². The van der Waals surface area contributed by atoms with Crippen molar-refractivity contribution in [2.75, 3.05) is 66.4 Å². The van der Waals surface area contributed by atoms with Crippen LogP contribution in [0.5, 0.6) is 0 Å². The van der Waals surface area contributed by atoms with Gasteiger partial charge in [-0.3, -0.25) is 9.69 Å². The maximum atomic E-state index is 13.1. The Kier molecular flexibility index (Phi) is 11.1. The fourth-order valence-electron chi connectivity index (χ4n) is 5.89. The van der Waals surface area contributed by atoms with Crippen LogP contribution in [0.3, 0.4) is 0 Å². The van der Waals surface area contributed by atoms with Crippen molar-refractivity contribution >= 4 is 55.5 Å². The molecule has 2 aliphatic heterocycles. The second kappa shape index (κ2) is 16.0. The highest BCUT2D eigenvalue weighted by Gasteiger charge is 2.27. The number of nitrogens with one attached hydrogen (secondary N) is 2. The number of nitrogens with two attached hydrogens (primary N) is 1. The number of carbonyl (C=O) groups is 1. The standard InChI is InChI=1S/C22H27N7OS.C10H13N7S/c1-15-6-8-16(9-7-15)21(28(2)3)18(30)13-20-26-27-22(31-20)24-17-10-12-29(14-17)19-5-4-11-23-25-19;11-9-15-16-10(18-9)13-7-3-5-17(6-7)8-2-1-4-12-14-8/h4-9,11,17,21H,10,12-14H2,1-3H3,(H,24,27);1-2,4,7H,3,5-6H2,(H2,11,15)(H,13,16)/t17-,21+;7-/m11/s1. The van der Waals surface area contributed by atoms with Crippen LogP contribution in [0.25, 0.3) is 0 Å². The smallest absolute Gasteiger partial charge is 0.207 e. The van der Waals surface area contributed by atoms with E-state index in [0.29, 0.717) is 11.2 Å². The Labute approximate surface area is 293 Å². The van der Waals surface area contributed by atoms with Crippen LogP contribution in [-0.4, -0.2) is 104 Å². The summed E-state index contributed by atoms with van der Waals surface area (Å²) in [6.45, 7) is 5.65. The lowest BCUT2D eigenvalue weighted by atomic mass is 9.99. The number of anilines is 5. The zero-order chi connectivity index (χ0) is 34.2. The van der Waals surface area contributed by atoms with Crippen LogP contribution < -0.4 is 26.2 Å². The third-order valence-electron chi connectivity index (χ3n) is 8.24. The first kappa shape index (κ1) is 34.0. The quantitative estimate of drug-likeness (QED) is 0.182. The lowest BCUT2D eigenvalue weighted by molar-refractivity contribution is -0.123. The Balaban J connectivity index is 0.000000195. The summed E-state index contributed by atoms with van der Waals surface area (Å²) >= 11 is 2.82. The molecule has 5 aromatic rings. The van der Waals surface area contributed by atoms with Crippen molar-refractivity contribution < 1.29 is 4.79 Å². The summed E-state index contributed by atoms with van der Waals surface area (Å²) in [5.74, 6) is 1.92. The van der Waals surface area contributed by atoms with Crippen LogP contribution in [0, 0.1) is 6.92 Å². The summed E-state index contributed by atoms with van der Waals surface area (Å²) in [5.41, 5.74) is 7.73. The lowest BCUT2D eigenvalue weighted by Gasteiger charge is -2.23. The van der Waals surface area contributed by atoms with Gasteiger partial charge in [0.2, 0.25) is 15.4 Å². The normalized spacial score (nSPS) is 17.9. The van der Waals surface area contributed by atoms with Gasteiger partial charge in [0.05, 0.1) is 12.5 Å². The first-order valence-electron chi connectivity index (χ1n) is 16.1. The van der Waals surface area contributed by atoms with E-state index in [1.54, 1.807) is 12.4 Å². The van der Waals surface area contributed by atoms with Gasteiger partial charge < -0.3 is 26.2 Å². The zero-order valence-electron chi connectivity index (χ0n) is 27.7. The molecule has 49 heavy (non-hydrogen) atoms. The Bertz CT molecular complexity index is 1770. The van der Waals surface area contributed by atoms with E-state index in [2.05, 4.69) is 61.2 Å². The molecule has 1 aromatic carbocycles. The van der Waals surface area contributed by atoms with Gasteiger partial charge in [0.15, 0.2) is 17.4 Å². The Hall–Kier alpha value is -4.87. The van der Waals surface area contributed by atoms with Crippen LogP contribution in [0.1, 0.15) is 35.0 Å².